The van der Waals surface area contributed by atoms with Crippen molar-refractivity contribution in [1.29, 1.82) is 0 Å². The van der Waals surface area contributed by atoms with Crippen molar-refractivity contribution in [2.45, 2.75) is 52.2 Å². The fraction of sp³-hybridized carbons (Fsp3) is 0.267. The van der Waals surface area contributed by atoms with Crippen molar-refractivity contribution in [1.82, 2.24) is 70.0 Å². The van der Waals surface area contributed by atoms with Crippen molar-refractivity contribution in [2.75, 3.05) is 62.2 Å². The number of alkyl halides is 7. The van der Waals surface area contributed by atoms with Crippen LogP contribution in [0.15, 0.2) is 155 Å². The van der Waals surface area contributed by atoms with Gasteiger partial charge < -0.3 is 47.6 Å². The molecule has 0 spiro atoms. The van der Waals surface area contributed by atoms with Crippen molar-refractivity contribution in [2.24, 2.45) is 0 Å². The van der Waals surface area contributed by atoms with E-state index in [1.165, 1.54) is 36.4 Å². The van der Waals surface area contributed by atoms with Gasteiger partial charge in [-0.2, -0.15) is 9.97 Å². The Labute approximate surface area is 519 Å². The minimum absolute atomic E-state index is 0.0676. The van der Waals surface area contributed by atoms with Crippen LogP contribution in [0.5, 0.6) is 11.5 Å². The number of pyridine rings is 2. The molecule has 1 N–H and O–H groups in total. The van der Waals surface area contributed by atoms with E-state index in [2.05, 4.69) is 74.8 Å². The van der Waals surface area contributed by atoms with Crippen LogP contribution in [-0.4, -0.2) is 147 Å². The van der Waals surface area contributed by atoms with Gasteiger partial charge in [-0.25, -0.2) is 34.2 Å². The molecule has 2 fully saturated rings. The lowest BCUT2D eigenvalue weighted by atomic mass is 10.2. The van der Waals surface area contributed by atoms with Crippen LogP contribution in [0.1, 0.15) is 33.9 Å². The number of anilines is 2. The van der Waals surface area contributed by atoms with Gasteiger partial charge >= 0.3 is 24.9 Å². The van der Waals surface area contributed by atoms with Gasteiger partial charge in [-0.15, -0.1) is 48.1 Å². The molecule has 31 heteroatoms. The number of carbonyl (C=O) groups excluding carboxylic acids is 2. The fourth-order valence-corrected chi connectivity index (χ4v) is 9.22. The number of nitrogens with zero attached hydrogens (tertiary/aromatic N) is 15. The number of aryl methyl sites for hydroxylation is 2. The summed E-state index contributed by atoms with van der Waals surface area (Å²) < 4.78 is 104. The lowest BCUT2D eigenvalue weighted by Crippen LogP contribution is -2.49. The van der Waals surface area contributed by atoms with E-state index in [1.807, 2.05) is 84.9 Å². The second-order valence-corrected chi connectivity index (χ2v) is 20.3. The molecule has 0 bridgehead atoms. The number of amides is 2. The lowest BCUT2D eigenvalue weighted by Gasteiger charge is -2.34. The molecule has 0 radical (unpaired) electrons. The normalized spacial score (nSPS) is 13.4. The van der Waals surface area contributed by atoms with Gasteiger partial charge in [-0.1, -0.05) is 71.0 Å². The predicted octanol–water partition coefficient (Wildman–Crippen LogP) is 11.1. The highest BCUT2D eigenvalue weighted by molar-refractivity contribution is 6.17. The monoisotopic (exact) mass is 1280 g/mol. The predicted molar refractivity (Wildman–Crippen MR) is 315 cm³/mol. The molecule has 24 nitrogen and oxygen atoms in total. The van der Waals surface area contributed by atoms with Crippen LogP contribution in [0.2, 0.25) is 0 Å². The first-order chi connectivity index (χ1) is 43.9. The van der Waals surface area contributed by atoms with Gasteiger partial charge in [0.25, 0.3) is 11.8 Å². The minimum atomic E-state index is -4.78. The Hall–Kier alpha value is -10.7. The summed E-state index contributed by atoms with van der Waals surface area (Å²) in [5, 5.41) is 18.7. The molecule has 0 aliphatic carbocycles. The standard InChI is InChI=1S/C30H27F3N8O4.C18H20ClN3O2.C12H8F3N5O2/c1-20-35-27(28-36-26(38-45-28)23-7-9-24(10-8-23)44-30(31,32)33)37-41(20)18-22-11-12-34-25(17-22)39-13-15-40(16-14-39)29(42)43-19-21-5-3-2-4-6-21;19-13-16-6-7-20-17(12-16)21-8-10-22(11-9-21)18(23)24-14-15-4-2-1-3-5-15;1-6-16-10(19-18-6)11-17-9(20-22-11)7-2-4-8(5-3-7)21-12(13,14)15/h2-12,17H,13-16,18-19H2,1H3;1-7,12H,8-11,13-14H2;2-5H,1H3,(H,16,18,19). The van der Waals surface area contributed by atoms with Gasteiger partial charge in [0.15, 0.2) is 0 Å². The molecule has 6 aromatic heterocycles. The SMILES string of the molecule is Cc1nc(-c2nc(-c3ccc(OC(F)(F)F)cc3)no2)n[nH]1.Cc1nc(-c2nc(-c3ccc(OC(F)(F)F)cc3)no2)nn1Cc1ccnc(N2CCN(C(=O)OCc3ccccc3)CC2)c1.O=C(OCc1ccccc1)N1CCN(c2cc(CCl)ccn2)CC1. The molecule has 91 heavy (non-hydrogen) atoms. The summed E-state index contributed by atoms with van der Waals surface area (Å²) >= 11 is 5.87. The molecular weight excluding hydrogens is 1220 g/mol. The summed E-state index contributed by atoms with van der Waals surface area (Å²) in [7, 11) is 0. The van der Waals surface area contributed by atoms with Crippen molar-refractivity contribution in [3.05, 3.63) is 180 Å². The number of rotatable bonds is 15. The van der Waals surface area contributed by atoms with Gasteiger partial charge in [0.2, 0.25) is 23.3 Å². The first-order valence-electron chi connectivity index (χ1n) is 27.9. The molecule has 8 heterocycles. The summed E-state index contributed by atoms with van der Waals surface area (Å²) in [5.74, 6) is 3.69. The molecule has 2 saturated heterocycles. The van der Waals surface area contributed by atoms with E-state index in [4.69, 9.17) is 30.1 Å². The lowest BCUT2D eigenvalue weighted by molar-refractivity contribution is -0.275. The summed E-state index contributed by atoms with van der Waals surface area (Å²) in [4.78, 5) is 58.2. The van der Waals surface area contributed by atoms with E-state index in [0.717, 1.165) is 59.1 Å². The Kier molecular flexibility index (Phi) is 20.3. The number of piperazine rings is 2. The zero-order valence-electron chi connectivity index (χ0n) is 48.5. The molecule has 2 aliphatic heterocycles. The number of H-pyrrole nitrogens is 1. The van der Waals surface area contributed by atoms with Crippen LogP contribution in [0, 0.1) is 13.8 Å². The van der Waals surface area contributed by atoms with Crippen LogP contribution < -0.4 is 19.3 Å². The molecule has 12 rings (SSSR count). The van der Waals surface area contributed by atoms with Crippen LogP contribution in [0.25, 0.3) is 46.2 Å². The first kappa shape index (κ1) is 63.4. The Morgan fingerprint density at radius 2 is 0.989 bits per heavy atom. The topological polar surface area (TPSA) is 260 Å². The third-order valence-corrected chi connectivity index (χ3v) is 13.9. The number of halogens is 7. The summed E-state index contributed by atoms with van der Waals surface area (Å²) in [6, 6.07) is 37.3. The smallest absolute Gasteiger partial charge is 0.445 e. The average molecular weight is 1280 g/mol. The van der Waals surface area contributed by atoms with Gasteiger partial charge in [0, 0.05) is 81.8 Å². The maximum Gasteiger partial charge on any atom is 0.573 e. The molecule has 0 unspecified atom stereocenters. The molecule has 0 atom stereocenters. The Morgan fingerprint density at radius 3 is 1.43 bits per heavy atom. The van der Waals surface area contributed by atoms with Gasteiger partial charge in [0.1, 0.15) is 48.0 Å². The summed E-state index contributed by atoms with van der Waals surface area (Å²) in [5.41, 5.74) is 4.82. The van der Waals surface area contributed by atoms with Crippen molar-refractivity contribution < 1.29 is 63.9 Å². The van der Waals surface area contributed by atoms with E-state index in [-0.39, 0.29) is 65.4 Å². The maximum atomic E-state index is 12.5. The van der Waals surface area contributed by atoms with Crippen LogP contribution >= 0.6 is 11.6 Å². The van der Waals surface area contributed by atoms with E-state index < -0.39 is 12.7 Å². The summed E-state index contributed by atoms with van der Waals surface area (Å²) in [6.07, 6.45) is -6.61. The second kappa shape index (κ2) is 29.1. The molecule has 10 aromatic rings. The average Bonchev–Trinajstić information content (AvgIpc) is 2.20. The summed E-state index contributed by atoms with van der Waals surface area (Å²) in [6.45, 7) is 9.44. The molecule has 4 aromatic carbocycles. The van der Waals surface area contributed by atoms with E-state index in [0.29, 0.717) is 81.1 Å². The maximum absolute atomic E-state index is 12.5. The highest BCUT2D eigenvalue weighted by atomic mass is 35.5. The van der Waals surface area contributed by atoms with Gasteiger partial charge in [0.05, 0.1) is 6.54 Å². The number of hydrogen-bond donors (Lipinski definition) is 1. The molecular formula is C60H55ClF6N16O8. The van der Waals surface area contributed by atoms with Crippen LogP contribution in [0.4, 0.5) is 47.6 Å². The molecule has 2 amide bonds. The first-order valence-corrected chi connectivity index (χ1v) is 28.5. The van der Waals surface area contributed by atoms with Gasteiger partial charge in [-0.05, 0) is 109 Å². The van der Waals surface area contributed by atoms with E-state index in [9.17, 15) is 35.9 Å². The zero-order valence-corrected chi connectivity index (χ0v) is 49.2. The molecule has 0 saturated carbocycles. The van der Waals surface area contributed by atoms with Crippen LogP contribution in [0.3, 0.4) is 0 Å². The highest BCUT2D eigenvalue weighted by Crippen LogP contribution is 2.29. The number of carbonyl (C=O) groups is 2. The number of aromatic nitrogens is 12. The van der Waals surface area contributed by atoms with Crippen LogP contribution in [-0.2, 0) is 35.1 Å². The fourth-order valence-electron chi connectivity index (χ4n) is 9.05. The van der Waals surface area contributed by atoms with Crippen molar-refractivity contribution in [3.63, 3.8) is 0 Å². The third kappa shape index (κ3) is 18.0. The third-order valence-electron chi connectivity index (χ3n) is 13.6. The zero-order chi connectivity index (χ0) is 63.9. The highest BCUT2D eigenvalue weighted by Gasteiger charge is 2.32. The minimum Gasteiger partial charge on any atom is -0.445 e. The number of ether oxygens (including phenoxy) is 4. The van der Waals surface area contributed by atoms with Gasteiger partial charge in [-0.3, -0.25) is 5.10 Å². The Balaban J connectivity index is 0.000000166. The quantitative estimate of drug-likeness (QED) is 0.0739. The number of benzene rings is 4. The number of hydrogen-bond acceptors (Lipinski definition) is 20. The Morgan fingerprint density at radius 1 is 0.538 bits per heavy atom. The van der Waals surface area contributed by atoms with E-state index >= 15 is 0 Å². The molecule has 472 valence electrons. The number of aromatic amines is 1. The molecule has 2 aliphatic rings. The van der Waals surface area contributed by atoms with E-state index in [1.54, 1.807) is 40.7 Å². The second-order valence-electron chi connectivity index (χ2n) is 20.1. The Bertz CT molecular complexity index is 3970. The van der Waals surface area contributed by atoms with Crippen molar-refractivity contribution in [3.8, 4) is 57.7 Å². The largest absolute Gasteiger partial charge is 0.573 e. The van der Waals surface area contributed by atoms with Crippen molar-refractivity contribution >= 4 is 35.4 Å². The number of nitrogens with one attached hydrogen (secondary N) is 1.